The largest absolute Gasteiger partial charge is 0.309 e. The Hall–Kier alpha value is -4.21. The van der Waals surface area contributed by atoms with Crippen LogP contribution in [0.15, 0.2) is 55.1 Å². The van der Waals surface area contributed by atoms with Crippen molar-refractivity contribution in [2.45, 2.75) is 25.2 Å². The van der Waals surface area contributed by atoms with Crippen molar-refractivity contribution < 1.29 is 4.39 Å². The molecule has 1 aliphatic rings. The minimum absolute atomic E-state index is 0.220. The summed E-state index contributed by atoms with van der Waals surface area (Å²) in [6.07, 6.45) is 9.31. The topological polar surface area (TPSA) is 98.7 Å². The monoisotopic (exact) mass is 441 g/mol. The van der Waals surface area contributed by atoms with Gasteiger partial charge in [-0.25, -0.2) is 14.4 Å². The lowest BCUT2D eigenvalue weighted by molar-refractivity contribution is 0.585. The van der Waals surface area contributed by atoms with Gasteiger partial charge < -0.3 is 5.32 Å². The Morgan fingerprint density at radius 1 is 1.06 bits per heavy atom. The van der Waals surface area contributed by atoms with Crippen LogP contribution < -0.4 is 5.32 Å². The maximum Gasteiger partial charge on any atom is 0.228 e. The molecule has 0 unspecified atom stereocenters. The molecule has 33 heavy (non-hydrogen) atoms. The lowest BCUT2D eigenvalue weighted by Crippen LogP contribution is -2.04. The molecule has 1 saturated carbocycles. The molecule has 0 spiro atoms. The molecular formula is C23H20FN9. The fraction of sp³-hybridized carbons (Fsp3) is 0.217. The van der Waals surface area contributed by atoms with E-state index >= 15 is 0 Å². The fourth-order valence-corrected chi connectivity index (χ4v) is 3.90. The van der Waals surface area contributed by atoms with Crippen LogP contribution in [0.2, 0.25) is 0 Å². The second-order valence-electron chi connectivity index (χ2n) is 8.10. The number of fused-ring (bicyclic) bond motifs is 1. The van der Waals surface area contributed by atoms with Crippen molar-refractivity contribution in [1.29, 1.82) is 0 Å². The van der Waals surface area contributed by atoms with E-state index in [4.69, 9.17) is 0 Å². The van der Waals surface area contributed by atoms with Gasteiger partial charge in [0.1, 0.15) is 17.5 Å². The summed E-state index contributed by atoms with van der Waals surface area (Å²) in [4.78, 5) is 13.1. The van der Waals surface area contributed by atoms with Gasteiger partial charge in [0.05, 0.1) is 24.0 Å². The third-order valence-corrected chi connectivity index (χ3v) is 5.83. The molecule has 0 atom stereocenters. The number of halogens is 1. The minimum Gasteiger partial charge on any atom is -0.309 e. The zero-order chi connectivity index (χ0) is 22.4. The molecule has 1 fully saturated rings. The summed E-state index contributed by atoms with van der Waals surface area (Å²) in [6, 6.07) is 9.29. The molecular weight excluding hydrogens is 421 g/mol. The molecule has 164 valence electrons. The van der Waals surface area contributed by atoms with Crippen LogP contribution in [0.5, 0.6) is 0 Å². The highest BCUT2D eigenvalue weighted by Crippen LogP contribution is 2.41. The van der Waals surface area contributed by atoms with E-state index in [0.717, 1.165) is 35.5 Å². The van der Waals surface area contributed by atoms with Crippen molar-refractivity contribution >= 4 is 17.4 Å². The highest BCUT2D eigenvalue weighted by Gasteiger charge is 2.28. The summed E-state index contributed by atoms with van der Waals surface area (Å²) in [5.41, 5.74) is 3.43. The standard InChI is InChI=1S/C23H20FN9/c1-32-19(6-10-27-32)29-23-26-9-5-17(28-23)15-7-11-33-20(12-15)30-31-21(33)13-18-22(24)16(4-8-25-18)14-2-3-14/h4-12,14H,2-3,13H2,1H3,(H,26,28,29). The van der Waals surface area contributed by atoms with Crippen molar-refractivity contribution in [2.75, 3.05) is 5.32 Å². The van der Waals surface area contributed by atoms with Gasteiger partial charge in [-0.3, -0.25) is 14.1 Å². The van der Waals surface area contributed by atoms with Gasteiger partial charge in [0.25, 0.3) is 0 Å². The maximum atomic E-state index is 14.9. The van der Waals surface area contributed by atoms with Gasteiger partial charge in [-0.05, 0) is 48.6 Å². The second kappa shape index (κ2) is 7.73. The summed E-state index contributed by atoms with van der Waals surface area (Å²) in [5.74, 6) is 2.00. The Balaban J connectivity index is 1.28. The highest BCUT2D eigenvalue weighted by atomic mass is 19.1. The number of aromatic nitrogens is 8. The van der Waals surface area contributed by atoms with Crippen LogP contribution in [0.4, 0.5) is 16.2 Å². The number of anilines is 2. The zero-order valence-electron chi connectivity index (χ0n) is 17.9. The van der Waals surface area contributed by atoms with Crippen LogP contribution in [0, 0.1) is 5.82 Å². The van der Waals surface area contributed by atoms with Crippen molar-refractivity contribution in [3.05, 3.63) is 78.0 Å². The predicted octanol–water partition coefficient (Wildman–Crippen LogP) is 3.67. The zero-order valence-corrected chi connectivity index (χ0v) is 17.9. The Kier molecular flexibility index (Phi) is 4.56. The normalized spacial score (nSPS) is 13.5. The van der Waals surface area contributed by atoms with E-state index in [1.807, 2.05) is 41.9 Å². The van der Waals surface area contributed by atoms with Gasteiger partial charge in [-0.15, -0.1) is 10.2 Å². The molecule has 9 nitrogen and oxygen atoms in total. The molecule has 1 N–H and O–H groups in total. The van der Waals surface area contributed by atoms with Crippen molar-refractivity contribution in [3.8, 4) is 11.3 Å². The van der Waals surface area contributed by atoms with E-state index in [-0.39, 0.29) is 12.2 Å². The van der Waals surface area contributed by atoms with Crippen LogP contribution in [-0.4, -0.2) is 39.3 Å². The van der Waals surface area contributed by atoms with Crippen LogP contribution in [0.1, 0.15) is 35.8 Å². The molecule has 5 aromatic rings. The van der Waals surface area contributed by atoms with E-state index in [2.05, 4.69) is 35.6 Å². The first-order chi connectivity index (χ1) is 16.2. The number of aryl methyl sites for hydroxylation is 1. The third kappa shape index (κ3) is 3.69. The molecule has 0 radical (unpaired) electrons. The lowest BCUT2D eigenvalue weighted by atomic mass is 10.1. The van der Waals surface area contributed by atoms with Crippen LogP contribution in [0.25, 0.3) is 16.9 Å². The number of pyridine rings is 2. The first kappa shape index (κ1) is 19.5. The molecule has 5 heterocycles. The summed E-state index contributed by atoms with van der Waals surface area (Å²) in [7, 11) is 1.84. The van der Waals surface area contributed by atoms with Gasteiger partial charge in [-0.2, -0.15) is 5.10 Å². The maximum absolute atomic E-state index is 14.9. The second-order valence-corrected chi connectivity index (χ2v) is 8.10. The summed E-state index contributed by atoms with van der Waals surface area (Å²) >= 11 is 0. The summed E-state index contributed by atoms with van der Waals surface area (Å²) in [6.45, 7) is 0. The average molecular weight is 441 g/mol. The summed E-state index contributed by atoms with van der Waals surface area (Å²) < 4.78 is 18.5. The van der Waals surface area contributed by atoms with E-state index in [9.17, 15) is 4.39 Å². The fourth-order valence-electron chi connectivity index (χ4n) is 3.90. The SMILES string of the molecule is Cn1nccc1Nc1nccc(-c2ccn3c(Cc4nccc(C5CC5)c4F)nnc3c2)n1. The molecule has 0 aromatic carbocycles. The quantitative estimate of drug-likeness (QED) is 0.429. The average Bonchev–Trinajstić information content (AvgIpc) is 3.49. The lowest BCUT2D eigenvalue weighted by Gasteiger charge is -2.08. The molecule has 6 rings (SSSR count). The van der Waals surface area contributed by atoms with Gasteiger partial charge in [0.2, 0.25) is 5.95 Å². The van der Waals surface area contributed by atoms with Gasteiger partial charge in [0.15, 0.2) is 5.65 Å². The Labute approximate surface area is 188 Å². The number of rotatable bonds is 6. The molecule has 0 amide bonds. The van der Waals surface area contributed by atoms with E-state index < -0.39 is 0 Å². The molecule has 0 saturated heterocycles. The van der Waals surface area contributed by atoms with Crippen molar-refractivity contribution in [3.63, 3.8) is 0 Å². The number of nitrogens with zero attached hydrogens (tertiary/aromatic N) is 8. The number of hydrogen-bond acceptors (Lipinski definition) is 7. The first-order valence-corrected chi connectivity index (χ1v) is 10.7. The number of nitrogens with one attached hydrogen (secondary N) is 1. The van der Waals surface area contributed by atoms with Crippen LogP contribution in [-0.2, 0) is 13.5 Å². The Bertz CT molecular complexity index is 1470. The van der Waals surface area contributed by atoms with Crippen LogP contribution >= 0.6 is 0 Å². The minimum atomic E-state index is -0.220. The molecule has 0 bridgehead atoms. The smallest absolute Gasteiger partial charge is 0.228 e. The molecule has 10 heteroatoms. The molecule has 5 aromatic heterocycles. The van der Waals surface area contributed by atoms with Crippen molar-refractivity contribution in [2.24, 2.45) is 7.05 Å². The van der Waals surface area contributed by atoms with E-state index in [0.29, 0.717) is 29.0 Å². The van der Waals surface area contributed by atoms with Gasteiger partial charge in [-0.1, -0.05) is 0 Å². The van der Waals surface area contributed by atoms with Gasteiger partial charge in [0, 0.05) is 37.3 Å². The van der Waals surface area contributed by atoms with Crippen LogP contribution in [0.3, 0.4) is 0 Å². The Morgan fingerprint density at radius 3 is 2.76 bits per heavy atom. The van der Waals surface area contributed by atoms with E-state index in [1.54, 1.807) is 29.3 Å². The predicted molar refractivity (Wildman–Crippen MR) is 119 cm³/mol. The highest BCUT2D eigenvalue weighted by molar-refractivity contribution is 5.65. The molecule has 1 aliphatic carbocycles. The first-order valence-electron chi connectivity index (χ1n) is 10.7. The Morgan fingerprint density at radius 2 is 1.94 bits per heavy atom. The summed E-state index contributed by atoms with van der Waals surface area (Å²) in [5, 5.41) is 15.9. The van der Waals surface area contributed by atoms with Crippen molar-refractivity contribution in [1.82, 2.24) is 39.3 Å². The number of hydrogen-bond donors (Lipinski definition) is 1. The van der Waals surface area contributed by atoms with Gasteiger partial charge >= 0.3 is 0 Å². The third-order valence-electron chi connectivity index (χ3n) is 5.83. The van der Waals surface area contributed by atoms with E-state index in [1.165, 1.54) is 0 Å². The molecule has 0 aliphatic heterocycles.